The van der Waals surface area contributed by atoms with E-state index in [4.69, 9.17) is 4.42 Å². The molecule has 0 aliphatic rings. The van der Waals surface area contributed by atoms with Gasteiger partial charge in [0.05, 0.1) is 26.9 Å². The molecule has 0 spiro atoms. The molecule has 0 aliphatic carbocycles. The lowest BCUT2D eigenvalue weighted by Crippen LogP contribution is -2.27. The minimum absolute atomic E-state index is 0.0325. The molecule has 2 heterocycles. The van der Waals surface area contributed by atoms with E-state index in [1.165, 1.54) is 35.2 Å². The maximum Gasteiger partial charge on any atom is 0.270 e. The summed E-state index contributed by atoms with van der Waals surface area (Å²) in [5.74, 6) is 0.766. The van der Waals surface area contributed by atoms with Crippen molar-refractivity contribution in [3.05, 3.63) is 64.4 Å². The largest absolute Gasteiger partial charge is 0.459 e. The zero-order valence-electron chi connectivity index (χ0n) is 14.7. The normalized spacial score (nSPS) is 12.3. The molecule has 2 aromatic carbocycles. The highest BCUT2D eigenvalue weighted by atomic mass is 32.2. The van der Waals surface area contributed by atoms with Crippen molar-refractivity contribution < 1.29 is 14.1 Å². The molecule has 1 N–H and O–H groups in total. The lowest BCUT2D eigenvalue weighted by Gasteiger charge is -2.10. The molecule has 0 radical (unpaired) electrons. The first-order valence-corrected chi connectivity index (χ1v) is 10.3. The van der Waals surface area contributed by atoms with Crippen LogP contribution in [-0.4, -0.2) is 21.6 Å². The van der Waals surface area contributed by atoms with Crippen molar-refractivity contribution in [2.75, 3.05) is 5.75 Å². The molecular weight excluding hydrogens is 398 g/mol. The average molecular weight is 413 g/mol. The van der Waals surface area contributed by atoms with E-state index < -0.39 is 4.92 Å². The average Bonchev–Trinajstić information content (AvgIpc) is 3.29. The van der Waals surface area contributed by atoms with Gasteiger partial charge in [0, 0.05) is 17.5 Å². The number of nitro groups is 1. The number of thioether (sulfide) groups is 1. The molecule has 4 aromatic rings. The number of hydrogen-bond donors (Lipinski definition) is 1. The second-order valence-electron chi connectivity index (χ2n) is 6.15. The monoisotopic (exact) mass is 413 g/mol. The van der Waals surface area contributed by atoms with Crippen LogP contribution in [0.25, 0.3) is 21.2 Å². The van der Waals surface area contributed by atoms with E-state index in [9.17, 15) is 14.9 Å². The highest BCUT2D eigenvalue weighted by molar-refractivity contribution is 8.01. The lowest BCUT2D eigenvalue weighted by molar-refractivity contribution is -0.384. The van der Waals surface area contributed by atoms with E-state index in [2.05, 4.69) is 10.3 Å². The van der Waals surface area contributed by atoms with Crippen molar-refractivity contribution in [2.24, 2.45) is 0 Å². The molecule has 0 saturated carbocycles. The van der Waals surface area contributed by atoms with Crippen LogP contribution in [0.3, 0.4) is 0 Å². The van der Waals surface area contributed by atoms with Gasteiger partial charge in [-0.1, -0.05) is 30.0 Å². The standard InChI is InChI=1S/C19H15N3O4S2/c1-11(16-8-12-4-2-3-5-15(12)26-16)20-18(23)10-27-19-21-14-7-6-13(22(24)25)9-17(14)28-19/h2-9,11H,10H2,1H3,(H,20,23)/t11-/m0/s1. The summed E-state index contributed by atoms with van der Waals surface area (Å²) in [5, 5.41) is 14.8. The number of aromatic nitrogens is 1. The minimum Gasteiger partial charge on any atom is -0.459 e. The first kappa shape index (κ1) is 18.5. The molecular formula is C19H15N3O4S2. The SMILES string of the molecule is C[C@H](NC(=O)CSc1nc2ccc([N+](=O)[O-])cc2s1)c1cc2ccccc2o1. The molecule has 0 saturated heterocycles. The number of rotatable bonds is 6. The number of nitrogens with zero attached hydrogens (tertiary/aromatic N) is 2. The molecule has 0 bridgehead atoms. The number of benzene rings is 2. The van der Waals surface area contributed by atoms with Crippen molar-refractivity contribution in [2.45, 2.75) is 17.3 Å². The Morgan fingerprint density at radius 3 is 2.93 bits per heavy atom. The Kier molecular flexibility index (Phi) is 5.01. The van der Waals surface area contributed by atoms with Crippen LogP contribution >= 0.6 is 23.1 Å². The zero-order chi connectivity index (χ0) is 19.7. The number of non-ortho nitro benzene ring substituents is 1. The fourth-order valence-electron chi connectivity index (χ4n) is 2.76. The van der Waals surface area contributed by atoms with E-state index in [-0.39, 0.29) is 23.4 Å². The first-order chi connectivity index (χ1) is 13.5. The quantitative estimate of drug-likeness (QED) is 0.274. The van der Waals surface area contributed by atoms with Gasteiger partial charge in [-0.05, 0) is 25.1 Å². The maximum atomic E-state index is 12.3. The van der Waals surface area contributed by atoms with Crippen molar-refractivity contribution >= 4 is 55.9 Å². The van der Waals surface area contributed by atoms with Crippen molar-refractivity contribution in [3.8, 4) is 0 Å². The van der Waals surface area contributed by atoms with Crippen molar-refractivity contribution in [1.82, 2.24) is 10.3 Å². The number of furan rings is 1. The van der Waals surface area contributed by atoms with E-state index in [0.29, 0.717) is 15.6 Å². The summed E-state index contributed by atoms with van der Waals surface area (Å²) in [6, 6.07) is 13.9. The zero-order valence-corrected chi connectivity index (χ0v) is 16.4. The maximum absolute atomic E-state index is 12.3. The predicted octanol–water partition coefficient (Wildman–Crippen LogP) is 4.92. The van der Waals surface area contributed by atoms with Crippen molar-refractivity contribution in [1.29, 1.82) is 0 Å². The number of carbonyl (C=O) groups excluding carboxylic acids is 1. The molecule has 0 aliphatic heterocycles. The van der Waals surface area contributed by atoms with Gasteiger partial charge in [0.2, 0.25) is 5.91 Å². The molecule has 1 atom stereocenters. The van der Waals surface area contributed by atoms with Gasteiger partial charge in [0.15, 0.2) is 4.34 Å². The van der Waals surface area contributed by atoms with Crippen LogP contribution in [0.5, 0.6) is 0 Å². The van der Waals surface area contributed by atoms with Gasteiger partial charge in [0.25, 0.3) is 5.69 Å². The van der Waals surface area contributed by atoms with Crippen LogP contribution in [0.2, 0.25) is 0 Å². The molecule has 1 amide bonds. The van der Waals surface area contributed by atoms with Gasteiger partial charge in [-0.3, -0.25) is 14.9 Å². The number of nitrogens with one attached hydrogen (secondary N) is 1. The minimum atomic E-state index is -0.432. The second-order valence-corrected chi connectivity index (χ2v) is 8.41. The van der Waals surface area contributed by atoms with Crippen molar-refractivity contribution in [3.63, 3.8) is 0 Å². The van der Waals surface area contributed by atoms with Gasteiger partial charge < -0.3 is 9.73 Å². The number of para-hydroxylation sites is 1. The predicted molar refractivity (Wildman–Crippen MR) is 110 cm³/mol. The van der Waals surface area contributed by atoms with Gasteiger partial charge in [-0.15, -0.1) is 11.3 Å². The van der Waals surface area contributed by atoms with E-state index >= 15 is 0 Å². The Morgan fingerprint density at radius 1 is 1.32 bits per heavy atom. The highest BCUT2D eigenvalue weighted by Gasteiger charge is 2.16. The van der Waals surface area contributed by atoms with Crippen LogP contribution < -0.4 is 5.32 Å². The molecule has 0 unspecified atom stereocenters. The number of fused-ring (bicyclic) bond motifs is 2. The number of amides is 1. The van der Waals surface area contributed by atoms with Gasteiger partial charge in [-0.2, -0.15) is 0 Å². The molecule has 4 rings (SSSR count). The second kappa shape index (κ2) is 7.61. The van der Waals surface area contributed by atoms with Gasteiger partial charge >= 0.3 is 0 Å². The highest BCUT2D eigenvalue weighted by Crippen LogP contribution is 2.32. The van der Waals surface area contributed by atoms with Crippen LogP contribution in [0, 0.1) is 10.1 Å². The van der Waals surface area contributed by atoms with Crippen LogP contribution in [-0.2, 0) is 4.79 Å². The number of carbonyl (C=O) groups is 1. The Balaban J connectivity index is 1.38. The molecule has 2 aromatic heterocycles. The molecule has 0 fully saturated rings. The topological polar surface area (TPSA) is 98.3 Å². The number of hydrogen-bond acceptors (Lipinski definition) is 7. The third-order valence-electron chi connectivity index (χ3n) is 4.14. The Hall–Kier alpha value is -2.91. The third kappa shape index (κ3) is 3.85. The number of nitro benzene ring substituents is 1. The Morgan fingerprint density at radius 2 is 2.14 bits per heavy atom. The van der Waals surface area contributed by atoms with Gasteiger partial charge in [-0.25, -0.2) is 4.98 Å². The molecule has 7 nitrogen and oxygen atoms in total. The number of thiazole rings is 1. The third-order valence-corrected chi connectivity index (χ3v) is 6.30. The Bertz CT molecular complexity index is 1150. The molecule has 142 valence electrons. The van der Waals surface area contributed by atoms with Crippen LogP contribution in [0.1, 0.15) is 18.7 Å². The lowest BCUT2D eigenvalue weighted by atomic mass is 10.2. The summed E-state index contributed by atoms with van der Waals surface area (Å²) in [5.41, 5.74) is 1.51. The summed E-state index contributed by atoms with van der Waals surface area (Å²) >= 11 is 2.64. The summed E-state index contributed by atoms with van der Waals surface area (Å²) in [7, 11) is 0. The fraction of sp³-hybridized carbons (Fsp3) is 0.158. The molecule has 28 heavy (non-hydrogen) atoms. The van der Waals surface area contributed by atoms with E-state index in [1.54, 1.807) is 6.07 Å². The fourth-order valence-corrected chi connectivity index (χ4v) is 4.68. The van der Waals surface area contributed by atoms with Gasteiger partial charge in [0.1, 0.15) is 11.3 Å². The van der Waals surface area contributed by atoms with E-state index in [1.807, 2.05) is 37.3 Å². The first-order valence-electron chi connectivity index (χ1n) is 8.45. The smallest absolute Gasteiger partial charge is 0.270 e. The van der Waals surface area contributed by atoms with E-state index in [0.717, 1.165) is 15.7 Å². The summed E-state index contributed by atoms with van der Waals surface area (Å²) in [4.78, 5) is 27.1. The van der Waals surface area contributed by atoms with Crippen LogP contribution in [0.4, 0.5) is 5.69 Å². The summed E-state index contributed by atoms with van der Waals surface area (Å²) in [6.45, 7) is 1.87. The summed E-state index contributed by atoms with van der Waals surface area (Å²) < 4.78 is 7.20. The summed E-state index contributed by atoms with van der Waals surface area (Å²) in [6.07, 6.45) is 0. The van der Waals surface area contributed by atoms with Crippen LogP contribution in [0.15, 0.2) is 57.3 Å². The molecule has 9 heteroatoms. The Labute approximate surface area is 167 Å².